The molecule has 0 aliphatic rings. The molecule has 3 aromatic rings. The smallest absolute Gasteiger partial charge is 0.413 e. The fourth-order valence-electron chi connectivity index (χ4n) is 3.10. The molecule has 0 unspecified atom stereocenters. The van der Waals surface area contributed by atoms with Crippen LogP contribution in [-0.2, 0) is 11.2 Å². The van der Waals surface area contributed by atoms with Gasteiger partial charge in [-0.3, -0.25) is 19.9 Å². The van der Waals surface area contributed by atoms with Crippen molar-refractivity contribution in [3.05, 3.63) is 76.3 Å². The predicted molar refractivity (Wildman–Crippen MR) is 132 cm³/mol. The maximum absolute atomic E-state index is 12.4. The highest BCUT2D eigenvalue weighted by Crippen LogP contribution is 2.29. The molecule has 11 nitrogen and oxygen atoms in total. The molecule has 2 aromatic heterocycles. The first kappa shape index (κ1) is 26.2. The van der Waals surface area contributed by atoms with Crippen molar-refractivity contribution in [2.45, 2.75) is 52.6 Å². The molecule has 0 atom stereocenters. The molecule has 0 fully saturated rings. The minimum Gasteiger partial charge on any atom is -0.444 e. The number of halogens is 2. The van der Waals surface area contributed by atoms with Gasteiger partial charge in [-0.1, -0.05) is 37.0 Å². The summed E-state index contributed by atoms with van der Waals surface area (Å²) >= 11 is 12.9. The van der Waals surface area contributed by atoms with Crippen LogP contribution in [0.4, 0.5) is 10.6 Å². The Kier molecular flexibility index (Phi) is 7.51. The zero-order chi connectivity index (χ0) is 26.1. The fourth-order valence-corrected chi connectivity index (χ4v) is 3.71. The quantitative estimate of drug-likeness (QED) is 0.464. The normalized spacial score (nSPS) is 11.5. The third-order valence-corrected chi connectivity index (χ3v) is 5.36. The van der Waals surface area contributed by atoms with Gasteiger partial charge in [0.2, 0.25) is 5.82 Å². The van der Waals surface area contributed by atoms with Crippen molar-refractivity contribution >= 4 is 35.1 Å². The Labute approximate surface area is 209 Å². The Balaban J connectivity index is 1.97. The highest BCUT2D eigenvalue weighted by Gasteiger charge is 2.20. The van der Waals surface area contributed by atoms with Crippen LogP contribution in [0, 0.1) is 0 Å². The number of hydrogen-bond acceptors (Lipinski definition) is 7. The number of amides is 1. The van der Waals surface area contributed by atoms with E-state index in [0.29, 0.717) is 16.8 Å². The molecule has 2 heterocycles. The van der Waals surface area contributed by atoms with Crippen LogP contribution in [0.3, 0.4) is 0 Å². The molecule has 13 heteroatoms. The largest absolute Gasteiger partial charge is 0.444 e. The van der Waals surface area contributed by atoms with Crippen LogP contribution in [0.15, 0.2) is 32.6 Å². The first-order valence-electron chi connectivity index (χ1n) is 10.6. The number of aromatic amines is 2. The molecule has 0 saturated heterocycles. The monoisotopic (exact) mass is 522 g/mol. The average molecular weight is 523 g/mol. The Morgan fingerprint density at radius 1 is 1.11 bits per heavy atom. The van der Waals surface area contributed by atoms with E-state index in [9.17, 15) is 19.2 Å². The molecule has 1 aromatic carbocycles. The van der Waals surface area contributed by atoms with Crippen molar-refractivity contribution in [2.24, 2.45) is 0 Å². The number of benzene rings is 1. The van der Waals surface area contributed by atoms with Gasteiger partial charge in [0.15, 0.2) is 0 Å². The Morgan fingerprint density at radius 2 is 1.74 bits per heavy atom. The zero-order valence-electron chi connectivity index (χ0n) is 19.7. The zero-order valence-corrected chi connectivity index (χ0v) is 21.2. The summed E-state index contributed by atoms with van der Waals surface area (Å²) in [5.74, 6) is -0.454. The number of rotatable bonds is 5. The van der Waals surface area contributed by atoms with Crippen LogP contribution in [0.25, 0.3) is 5.69 Å². The first-order chi connectivity index (χ1) is 16.2. The van der Waals surface area contributed by atoms with Gasteiger partial charge < -0.3 is 4.74 Å². The van der Waals surface area contributed by atoms with Crippen molar-refractivity contribution in [1.29, 1.82) is 0 Å². The summed E-state index contributed by atoms with van der Waals surface area (Å²) in [6.45, 7) is 8.75. The molecule has 0 spiro atoms. The minimum absolute atomic E-state index is 0.00418. The van der Waals surface area contributed by atoms with Gasteiger partial charge in [0.25, 0.3) is 11.1 Å². The molecule has 186 valence electrons. The van der Waals surface area contributed by atoms with Crippen LogP contribution in [0.1, 0.15) is 57.4 Å². The number of carbonyl (C=O) groups is 1. The second-order valence-electron chi connectivity index (χ2n) is 9.01. The van der Waals surface area contributed by atoms with Crippen molar-refractivity contribution in [3.63, 3.8) is 0 Å². The Hall–Kier alpha value is -3.44. The van der Waals surface area contributed by atoms with Gasteiger partial charge in [-0.25, -0.2) is 14.7 Å². The van der Waals surface area contributed by atoms with Crippen molar-refractivity contribution < 1.29 is 9.53 Å². The summed E-state index contributed by atoms with van der Waals surface area (Å²) in [6, 6.07) is 4.55. The third-order valence-electron chi connectivity index (χ3n) is 4.68. The standard InChI is InChI=1S/C22H24Cl2N6O5/c1-10(2)13-6-11(27-28-18(13)31)7-14-15(23)8-12(9-16(14)24)30-20(33)26-19(32)17(29-30)25-21(34)35-22(3,4)5/h6,8-10H,7H2,1-5H3,(H,28,31)(H,25,29,34)(H,26,32,33). The number of ether oxygens (including phenoxy) is 1. The number of aromatic nitrogens is 5. The van der Waals surface area contributed by atoms with E-state index in [4.69, 9.17) is 27.9 Å². The first-order valence-corrected chi connectivity index (χ1v) is 11.3. The predicted octanol–water partition coefficient (Wildman–Crippen LogP) is 3.37. The van der Waals surface area contributed by atoms with Crippen LogP contribution in [-0.4, -0.2) is 36.7 Å². The van der Waals surface area contributed by atoms with E-state index in [2.05, 4.69) is 25.6 Å². The van der Waals surface area contributed by atoms with E-state index >= 15 is 0 Å². The summed E-state index contributed by atoms with van der Waals surface area (Å²) in [4.78, 5) is 50.6. The SMILES string of the molecule is CC(C)c1cc(Cc2c(Cl)cc(-n3nc(NC(=O)OC(C)(C)C)c(=O)[nH]c3=O)cc2Cl)n[nH]c1=O. The van der Waals surface area contributed by atoms with E-state index in [0.717, 1.165) is 4.68 Å². The van der Waals surface area contributed by atoms with Gasteiger partial charge in [-0.15, -0.1) is 5.10 Å². The number of H-pyrrole nitrogens is 2. The molecule has 3 N–H and O–H groups in total. The number of anilines is 1. The van der Waals surface area contributed by atoms with Gasteiger partial charge >= 0.3 is 11.8 Å². The van der Waals surface area contributed by atoms with E-state index < -0.39 is 28.8 Å². The molecule has 35 heavy (non-hydrogen) atoms. The van der Waals surface area contributed by atoms with Crippen LogP contribution in [0.5, 0.6) is 0 Å². The number of nitrogens with one attached hydrogen (secondary N) is 3. The second-order valence-corrected chi connectivity index (χ2v) is 9.82. The van der Waals surface area contributed by atoms with Crippen molar-refractivity contribution in [2.75, 3.05) is 5.32 Å². The summed E-state index contributed by atoms with van der Waals surface area (Å²) in [6.07, 6.45) is -0.699. The van der Waals surface area contributed by atoms with Crippen LogP contribution >= 0.6 is 23.2 Å². The van der Waals surface area contributed by atoms with E-state index in [1.807, 2.05) is 13.8 Å². The lowest BCUT2D eigenvalue weighted by atomic mass is 10.0. The van der Waals surface area contributed by atoms with Crippen LogP contribution in [0.2, 0.25) is 10.0 Å². The number of nitrogens with zero attached hydrogens (tertiary/aromatic N) is 3. The van der Waals surface area contributed by atoms with E-state index in [-0.39, 0.29) is 33.6 Å². The van der Waals surface area contributed by atoms with Gasteiger partial charge in [0, 0.05) is 22.0 Å². The summed E-state index contributed by atoms with van der Waals surface area (Å²) in [7, 11) is 0. The van der Waals surface area contributed by atoms with Gasteiger partial charge in [-0.05, 0) is 50.5 Å². The van der Waals surface area contributed by atoms with Crippen LogP contribution < -0.4 is 22.1 Å². The van der Waals surface area contributed by atoms with Gasteiger partial charge in [0.05, 0.1) is 11.4 Å². The molecule has 3 rings (SSSR count). The topological polar surface area (TPSA) is 152 Å². The molecule has 1 amide bonds. The maximum Gasteiger partial charge on any atom is 0.413 e. The highest BCUT2D eigenvalue weighted by molar-refractivity contribution is 6.36. The second kappa shape index (κ2) is 10.0. The third kappa shape index (κ3) is 6.37. The molecular weight excluding hydrogens is 499 g/mol. The van der Waals surface area contributed by atoms with Gasteiger partial charge in [0.1, 0.15) is 5.60 Å². The number of carbonyl (C=O) groups excluding carboxylic acids is 1. The molecule has 0 bridgehead atoms. The molecular formula is C22H24Cl2N6O5. The highest BCUT2D eigenvalue weighted by atomic mass is 35.5. The number of hydrogen-bond donors (Lipinski definition) is 3. The summed E-state index contributed by atoms with van der Waals surface area (Å²) < 4.78 is 5.95. The van der Waals surface area contributed by atoms with E-state index in [1.165, 1.54) is 12.1 Å². The fraction of sp³-hybridized carbons (Fsp3) is 0.364. The lowest BCUT2D eigenvalue weighted by Crippen LogP contribution is -2.36. The molecule has 0 aliphatic heterocycles. The minimum atomic E-state index is -0.915. The van der Waals surface area contributed by atoms with Gasteiger partial charge in [-0.2, -0.15) is 9.78 Å². The van der Waals surface area contributed by atoms with Crippen molar-refractivity contribution in [3.8, 4) is 5.69 Å². The van der Waals surface area contributed by atoms with Crippen molar-refractivity contribution in [1.82, 2.24) is 25.0 Å². The Morgan fingerprint density at radius 3 is 2.31 bits per heavy atom. The average Bonchev–Trinajstić information content (AvgIpc) is 2.72. The summed E-state index contributed by atoms with van der Waals surface area (Å²) in [5.41, 5.74) is -1.06. The lowest BCUT2D eigenvalue weighted by molar-refractivity contribution is 0.0634. The Bertz CT molecular complexity index is 1430. The molecule has 0 radical (unpaired) electrons. The van der Waals surface area contributed by atoms with E-state index in [1.54, 1.807) is 26.8 Å². The maximum atomic E-state index is 12.4. The molecule has 0 aliphatic carbocycles. The molecule has 0 saturated carbocycles. The lowest BCUT2D eigenvalue weighted by Gasteiger charge is -2.19. The summed E-state index contributed by atoms with van der Waals surface area (Å²) in [5, 5.41) is 13.1.